The van der Waals surface area contributed by atoms with Crippen LogP contribution in [0, 0.1) is 11.6 Å². The summed E-state index contributed by atoms with van der Waals surface area (Å²) in [4.78, 5) is 8.61. The SMILES string of the molecule is CCNC(O)C(C)(N)c1ccc(Nc2nc(-c3c(F)cccc3F)nc3c2C(O)NC3)cc1. The third kappa shape index (κ3) is 4.43. The summed E-state index contributed by atoms with van der Waals surface area (Å²) in [5.74, 6) is -1.45. The van der Waals surface area contributed by atoms with Crippen LogP contribution in [0.4, 0.5) is 20.3 Å². The highest BCUT2D eigenvalue weighted by molar-refractivity contribution is 5.66. The largest absolute Gasteiger partial charge is 0.376 e. The number of fused-ring (bicyclic) bond motifs is 1. The lowest BCUT2D eigenvalue weighted by molar-refractivity contribution is 0.0628. The number of likely N-dealkylation sites (N-methyl/N-ethyl adjacent to an activating group) is 1. The Balaban J connectivity index is 1.69. The van der Waals surface area contributed by atoms with Gasteiger partial charge in [-0.1, -0.05) is 25.1 Å². The molecule has 3 atom stereocenters. The van der Waals surface area contributed by atoms with Gasteiger partial charge in [-0.15, -0.1) is 0 Å². The van der Waals surface area contributed by atoms with E-state index in [1.54, 1.807) is 31.2 Å². The normalized spacial score (nSPS) is 18.0. The number of anilines is 2. The van der Waals surface area contributed by atoms with Gasteiger partial charge in [0.2, 0.25) is 0 Å². The predicted molar refractivity (Wildman–Crippen MR) is 120 cm³/mol. The summed E-state index contributed by atoms with van der Waals surface area (Å²) in [5.41, 5.74) is 7.10. The van der Waals surface area contributed by atoms with Crippen LogP contribution in [0.25, 0.3) is 11.4 Å². The lowest BCUT2D eigenvalue weighted by Gasteiger charge is -2.31. The van der Waals surface area contributed by atoms with Gasteiger partial charge in [-0.25, -0.2) is 18.7 Å². The quantitative estimate of drug-likeness (QED) is 0.299. The molecule has 10 heteroatoms. The number of aliphatic hydroxyl groups is 2. The zero-order valence-corrected chi connectivity index (χ0v) is 18.2. The second-order valence-electron chi connectivity index (χ2n) is 8.08. The van der Waals surface area contributed by atoms with E-state index >= 15 is 0 Å². The standard InChI is InChI=1S/C23H26F2N6O2/c1-3-27-22(33)23(2,26)12-7-9-13(10-8-12)29-20-18-16(11-28-21(18)32)30-19(31-20)17-14(24)5-4-6-15(17)25/h4-10,21-22,27-28,32-33H,3,11,26H2,1-2H3,(H,29,30,31). The van der Waals surface area contributed by atoms with E-state index in [9.17, 15) is 19.0 Å². The Morgan fingerprint density at radius 2 is 1.85 bits per heavy atom. The molecular formula is C23H26F2N6O2. The highest BCUT2D eigenvalue weighted by atomic mass is 19.1. The van der Waals surface area contributed by atoms with Crippen LogP contribution in [-0.4, -0.2) is 33.0 Å². The minimum atomic E-state index is -1.03. The average Bonchev–Trinajstić information content (AvgIpc) is 3.15. The number of rotatable bonds is 7. The minimum absolute atomic E-state index is 0.123. The number of hydrogen-bond donors (Lipinski definition) is 6. The highest BCUT2D eigenvalue weighted by Gasteiger charge is 2.31. The zero-order valence-electron chi connectivity index (χ0n) is 18.2. The van der Waals surface area contributed by atoms with Gasteiger partial charge in [-0.05, 0) is 43.3 Å². The second kappa shape index (κ2) is 9.08. The van der Waals surface area contributed by atoms with Gasteiger partial charge in [0.15, 0.2) is 5.82 Å². The third-order valence-corrected chi connectivity index (χ3v) is 5.68. The molecule has 0 spiro atoms. The fourth-order valence-electron chi connectivity index (χ4n) is 3.76. The summed E-state index contributed by atoms with van der Waals surface area (Å²) >= 11 is 0. The Morgan fingerprint density at radius 3 is 2.48 bits per heavy atom. The summed E-state index contributed by atoms with van der Waals surface area (Å²) in [6.45, 7) is 4.38. The summed E-state index contributed by atoms with van der Waals surface area (Å²) in [6, 6.07) is 10.6. The van der Waals surface area contributed by atoms with Gasteiger partial charge in [0, 0.05) is 12.2 Å². The highest BCUT2D eigenvalue weighted by Crippen LogP contribution is 2.34. The molecule has 0 saturated heterocycles. The Bertz CT molecular complexity index is 1140. The van der Waals surface area contributed by atoms with Crippen LogP contribution in [0.15, 0.2) is 42.5 Å². The van der Waals surface area contributed by atoms with E-state index in [4.69, 9.17) is 5.73 Å². The molecule has 0 radical (unpaired) electrons. The molecule has 2 heterocycles. The smallest absolute Gasteiger partial charge is 0.167 e. The van der Waals surface area contributed by atoms with Gasteiger partial charge in [0.1, 0.15) is 29.9 Å². The lowest BCUT2D eigenvalue weighted by Crippen LogP contribution is -2.52. The van der Waals surface area contributed by atoms with E-state index in [-0.39, 0.29) is 23.8 Å². The first-order valence-corrected chi connectivity index (χ1v) is 10.6. The Kier molecular flexibility index (Phi) is 6.37. The van der Waals surface area contributed by atoms with Crippen LogP contribution in [0.3, 0.4) is 0 Å². The fraction of sp³-hybridized carbons (Fsp3) is 0.304. The van der Waals surface area contributed by atoms with Crippen molar-refractivity contribution in [2.24, 2.45) is 5.73 Å². The lowest BCUT2D eigenvalue weighted by atomic mass is 9.91. The first-order chi connectivity index (χ1) is 15.7. The molecule has 0 amide bonds. The van der Waals surface area contributed by atoms with Crippen LogP contribution in [0.2, 0.25) is 0 Å². The molecule has 2 aromatic carbocycles. The van der Waals surface area contributed by atoms with Gasteiger partial charge in [0.05, 0.1) is 22.4 Å². The molecule has 4 rings (SSSR count). The predicted octanol–water partition coefficient (Wildman–Crippen LogP) is 2.36. The summed E-state index contributed by atoms with van der Waals surface area (Å²) in [5, 5.41) is 29.5. The first kappa shape index (κ1) is 23.1. The zero-order chi connectivity index (χ0) is 23.8. The average molecular weight is 456 g/mol. The number of benzene rings is 2. The number of halogens is 2. The molecule has 1 aliphatic heterocycles. The van der Waals surface area contributed by atoms with Crippen LogP contribution in [0.1, 0.15) is 36.9 Å². The molecule has 3 unspecified atom stereocenters. The van der Waals surface area contributed by atoms with Gasteiger partial charge in [0.25, 0.3) is 0 Å². The van der Waals surface area contributed by atoms with Crippen LogP contribution >= 0.6 is 0 Å². The molecule has 1 aliphatic rings. The van der Waals surface area contributed by atoms with E-state index in [2.05, 4.69) is 25.9 Å². The van der Waals surface area contributed by atoms with E-state index in [1.165, 1.54) is 6.07 Å². The number of nitrogens with one attached hydrogen (secondary N) is 3. The number of nitrogens with two attached hydrogens (primary N) is 1. The van der Waals surface area contributed by atoms with Gasteiger partial charge in [-0.2, -0.15) is 0 Å². The summed E-state index contributed by atoms with van der Waals surface area (Å²) < 4.78 is 28.7. The molecule has 0 bridgehead atoms. The van der Waals surface area contributed by atoms with E-state index in [1.807, 2.05) is 6.92 Å². The molecule has 0 saturated carbocycles. The Labute approximate surface area is 189 Å². The van der Waals surface area contributed by atoms with E-state index in [0.29, 0.717) is 29.1 Å². The third-order valence-electron chi connectivity index (χ3n) is 5.68. The van der Waals surface area contributed by atoms with Crippen molar-refractivity contribution < 1.29 is 19.0 Å². The van der Waals surface area contributed by atoms with Gasteiger partial charge >= 0.3 is 0 Å². The molecule has 1 aromatic heterocycles. The van der Waals surface area contributed by atoms with Crippen molar-refractivity contribution in [2.75, 3.05) is 11.9 Å². The van der Waals surface area contributed by atoms with Crippen molar-refractivity contribution in [1.82, 2.24) is 20.6 Å². The van der Waals surface area contributed by atoms with E-state index in [0.717, 1.165) is 12.1 Å². The molecule has 0 fully saturated rings. The first-order valence-electron chi connectivity index (χ1n) is 10.6. The molecule has 174 valence electrons. The van der Waals surface area contributed by atoms with Crippen molar-refractivity contribution in [3.8, 4) is 11.4 Å². The Morgan fingerprint density at radius 1 is 1.18 bits per heavy atom. The Hall–Kier alpha value is -3.02. The number of hydrogen-bond acceptors (Lipinski definition) is 8. The van der Waals surface area contributed by atoms with Crippen LogP contribution < -0.4 is 21.7 Å². The maximum Gasteiger partial charge on any atom is 0.167 e. The van der Waals surface area contributed by atoms with Crippen molar-refractivity contribution in [2.45, 2.75) is 38.4 Å². The van der Waals surface area contributed by atoms with Crippen molar-refractivity contribution in [1.29, 1.82) is 0 Å². The van der Waals surface area contributed by atoms with Crippen LogP contribution in [-0.2, 0) is 12.1 Å². The molecule has 8 nitrogen and oxygen atoms in total. The van der Waals surface area contributed by atoms with Crippen molar-refractivity contribution in [3.63, 3.8) is 0 Å². The van der Waals surface area contributed by atoms with Gasteiger partial charge < -0.3 is 21.3 Å². The summed E-state index contributed by atoms with van der Waals surface area (Å²) in [7, 11) is 0. The van der Waals surface area contributed by atoms with Gasteiger partial charge in [-0.3, -0.25) is 10.6 Å². The summed E-state index contributed by atoms with van der Waals surface area (Å²) in [6.07, 6.45) is -1.96. The number of nitrogens with zero attached hydrogens (tertiary/aromatic N) is 2. The van der Waals surface area contributed by atoms with Crippen LogP contribution in [0.5, 0.6) is 0 Å². The fourth-order valence-corrected chi connectivity index (χ4v) is 3.76. The minimum Gasteiger partial charge on any atom is -0.376 e. The second-order valence-corrected chi connectivity index (χ2v) is 8.08. The number of aromatic nitrogens is 2. The molecule has 33 heavy (non-hydrogen) atoms. The topological polar surface area (TPSA) is 128 Å². The molecule has 3 aromatic rings. The molecule has 7 N–H and O–H groups in total. The molecular weight excluding hydrogens is 430 g/mol. The maximum atomic E-state index is 14.4. The monoisotopic (exact) mass is 456 g/mol. The maximum absolute atomic E-state index is 14.4. The van der Waals surface area contributed by atoms with E-state index < -0.39 is 29.6 Å². The van der Waals surface area contributed by atoms with Crippen molar-refractivity contribution >= 4 is 11.5 Å². The molecule has 0 aliphatic carbocycles. The number of aliphatic hydroxyl groups excluding tert-OH is 2. The van der Waals surface area contributed by atoms with Crippen molar-refractivity contribution in [3.05, 3.63) is 70.9 Å².